The van der Waals surface area contributed by atoms with Crippen LogP contribution in [0.4, 0.5) is 5.69 Å². The average Bonchev–Trinajstić information content (AvgIpc) is 3.30. The molecule has 1 N–H and O–H groups in total. The van der Waals surface area contributed by atoms with E-state index >= 15 is 0 Å². The molecule has 0 saturated carbocycles. The second-order valence-electron chi connectivity index (χ2n) is 6.16. The van der Waals surface area contributed by atoms with Crippen molar-refractivity contribution in [2.45, 2.75) is 17.0 Å². The molecule has 0 aliphatic heterocycles. The molecule has 2 heterocycles. The van der Waals surface area contributed by atoms with E-state index < -0.39 is 0 Å². The van der Waals surface area contributed by atoms with Crippen LogP contribution in [0.15, 0.2) is 77.0 Å². The Balaban J connectivity index is 1.46. The summed E-state index contributed by atoms with van der Waals surface area (Å²) in [6, 6.07) is 17.1. The van der Waals surface area contributed by atoms with Gasteiger partial charge in [0, 0.05) is 30.0 Å². The lowest BCUT2D eigenvalue weighted by Gasteiger charge is -2.05. The van der Waals surface area contributed by atoms with Gasteiger partial charge < -0.3 is 9.88 Å². The monoisotopic (exact) mass is 390 g/mol. The molecule has 8 heteroatoms. The number of nitrogens with zero attached hydrogens (tertiary/aromatic N) is 5. The maximum Gasteiger partial charge on any atom is 0.278 e. The van der Waals surface area contributed by atoms with Gasteiger partial charge in [0.05, 0.1) is 11.4 Å². The number of benzene rings is 2. The van der Waals surface area contributed by atoms with Crippen molar-refractivity contribution >= 4 is 23.4 Å². The van der Waals surface area contributed by atoms with Crippen LogP contribution in [-0.2, 0) is 7.05 Å². The molecule has 28 heavy (non-hydrogen) atoms. The van der Waals surface area contributed by atoms with Crippen LogP contribution in [0.2, 0.25) is 0 Å². The Kier molecular flexibility index (Phi) is 4.94. The van der Waals surface area contributed by atoms with Crippen molar-refractivity contribution in [2.24, 2.45) is 7.05 Å². The molecule has 2 aromatic carbocycles. The van der Waals surface area contributed by atoms with E-state index in [0.717, 1.165) is 15.7 Å². The van der Waals surface area contributed by atoms with Crippen molar-refractivity contribution in [2.75, 3.05) is 5.32 Å². The molecule has 0 atom stereocenters. The maximum atomic E-state index is 12.6. The maximum absolute atomic E-state index is 12.6. The third kappa shape index (κ3) is 3.81. The number of rotatable bonds is 5. The number of nitrogens with one attached hydrogen (secondary N) is 1. The second-order valence-corrected chi connectivity index (χ2v) is 7.20. The van der Waals surface area contributed by atoms with Gasteiger partial charge in [-0.05, 0) is 43.3 Å². The van der Waals surface area contributed by atoms with Crippen LogP contribution in [0, 0.1) is 6.92 Å². The minimum absolute atomic E-state index is 0.288. The van der Waals surface area contributed by atoms with E-state index in [2.05, 4.69) is 20.5 Å². The number of aryl methyl sites for hydroxylation is 2. The predicted octanol–water partition coefficient (Wildman–Crippen LogP) is 3.71. The van der Waals surface area contributed by atoms with E-state index in [-0.39, 0.29) is 5.91 Å². The van der Waals surface area contributed by atoms with Gasteiger partial charge in [0.2, 0.25) is 0 Å². The van der Waals surface area contributed by atoms with Gasteiger partial charge in [-0.2, -0.15) is 9.90 Å². The number of carbonyl (C=O) groups excluding carboxylic acids is 1. The molecular formula is C20H18N6OS. The van der Waals surface area contributed by atoms with Gasteiger partial charge in [0.1, 0.15) is 0 Å². The highest BCUT2D eigenvalue weighted by atomic mass is 32.2. The van der Waals surface area contributed by atoms with Crippen molar-refractivity contribution in [1.29, 1.82) is 0 Å². The summed E-state index contributed by atoms with van der Waals surface area (Å²) in [7, 11) is 1.95. The summed E-state index contributed by atoms with van der Waals surface area (Å²) in [6.45, 7) is 1.77. The Bertz CT molecular complexity index is 1100. The van der Waals surface area contributed by atoms with E-state index in [0.29, 0.717) is 17.1 Å². The highest BCUT2D eigenvalue weighted by molar-refractivity contribution is 7.99. The highest BCUT2D eigenvalue weighted by Crippen LogP contribution is 2.26. The smallest absolute Gasteiger partial charge is 0.278 e. The van der Waals surface area contributed by atoms with Crippen LogP contribution >= 0.6 is 11.8 Å². The van der Waals surface area contributed by atoms with E-state index in [1.807, 2.05) is 72.4 Å². The number of amides is 1. The molecule has 140 valence electrons. The van der Waals surface area contributed by atoms with Gasteiger partial charge in [0.15, 0.2) is 10.9 Å². The molecule has 7 nitrogen and oxygen atoms in total. The zero-order valence-corrected chi connectivity index (χ0v) is 16.2. The minimum Gasteiger partial charge on any atom is -0.329 e. The van der Waals surface area contributed by atoms with Crippen molar-refractivity contribution < 1.29 is 4.79 Å². The molecule has 0 aliphatic carbocycles. The Hall–Kier alpha value is -3.39. The summed E-state index contributed by atoms with van der Waals surface area (Å²) in [5.41, 5.74) is 2.38. The number of imidazole rings is 1. The fourth-order valence-electron chi connectivity index (χ4n) is 2.62. The normalized spacial score (nSPS) is 10.8. The minimum atomic E-state index is -0.288. The summed E-state index contributed by atoms with van der Waals surface area (Å²) < 4.78 is 1.96. The largest absolute Gasteiger partial charge is 0.329 e. The number of anilines is 1. The molecule has 2 aromatic heterocycles. The first-order valence-corrected chi connectivity index (χ1v) is 9.48. The summed E-state index contributed by atoms with van der Waals surface area (Å²) in [5, 5.41) is 12.5. The van der Waals surface area contributed by atoms with E-state index in [1.54, 1.807) is 24.9 Å². The standard InChI is InChI=1S/C20H18N6OS/c1-14-18(24-26(23-14)16-6-4-3-5-7-16)19(27)22-15-8-10-17(11-9-15)28-20-21-12-13-25(20)2/h3-13H,1-2H3,(H,22,27). The first-order chi connectivity index (χ1) is 13.6. The van der Waals surface area contributed by atoms with Crippen LogP contribution in [0.3, 0.4) is 0 Å². The first kappa shape index (κ1) is 18.0. The molecule has 0 radical (unpaired) electrons. The van der Waals surface area contributed by atoms with E-state index in [4.69, 9.17) is 0 Å². The fraction of sp³-hybridized carbons (Fsp3) is 0.100. The lowest BCUT2D eigenvalue weighted by Crippen LogP contribution is -2.14. The van der Waals surface area contributed by atoms with Gasteiger partial charge in [-0.3, -0.25) is 4.79 Å². The molecule has 0 bridgehead atoms. The van der Waals surface area contributed by atoms with Gasteiger partial charge in [-0.25, -0.2) is 4.98 Å². The van der Waals surface area contributed by atoms with Crippen LogP contribution in [0.5, 0.6) is 0 Å². The molecule has 0 spiro atoms. The predicted molar refractivity (Wildman–Crippen MR) is 108 cm³/mol. The second kappa shape index (κ2) is 7.69. The molecule has 0 unspecified atom stereocenters. The fourth-order valence-corrected chi connectivity index (χ4v) is 3.42. The van der Waals surface area contributed by atoms with Crippen LogP contribution in [-0.4, -0.2) is 30.5 Å². The SMILES string of the molecule is Cc1nn(-c2ccccc2)nc1C(=O)Nc1ccc(Sc2nccn2C)cc1. The molecule has 4 aromatic rings. The Morgan fingerprint density at radius 1 is 1.04 bits per heavy atom. The van der Waals surface area contributed by atoms with Crippen LogP contribution < -0.4 is 5.32 Å². The molecule has 0 aliphatic rings. The van der Waals surface area contributed by atoms with Gasteiger partial charge in [-0.1, -0.05) is 30.0 Å². The highest BCUT2D eigenvalue weighted by Gasteiger charge is 2.16. The molecule has 1 amide bonds. The van der Waals surface area contributed by atoms with Gasteiger partial charge in [-0.15, -0.1) is 5.10 Å². The number of carbonyl (C=O) groups is 1. The van der Waals surface area contributed by atoms with E-state index in [9.17, 15) is 4.79 Å². The van der Waals surface area contributed by atoms with Crippen molar-refractivity contribution in [3.63, 3.8) is 0 Å². The quantitative estimate of drug-likeness (QED) is 0.562. The number of hydrogen-bond acceptors (Lipinski definition) is 5. The summed E-state index contributed by atoms with van der Waals surface area (Å²) in [6.07, 6.45) is 3.67. The molecule has 0 saturated heterocycles. The van der Waals surface area contributed by atoms with Gasteiger partial charge in [0.25, 0.3) is 5.91 Å². The molecular weight excluding hydrogens is 372 g/mol. The number of aromatic nitrogens is 5. The number of para-hydroxylation sites is 1. The van der Waals surface area contributed by atoms with Crippen LogP contribution in [0.25, 0.3) is 5.69 Å². The first-order valence-electron chi connectivity index (χ1n) is 8.66. The topological polar surface area (TPSA) is 77.6 Å². The zero-order valence-electron chi connectivity index (χ0n) is 15.4. The number of hydrogen-bond donors (Lipinski definition) is 1. The summed E-state index contributed by atoms with van der Waals surface area (Å²) >= 11 is 1.56. The third-order valence-corrected chi connectivity index (χ3v) is 5.17. The lowest BCUT2D eigenvalue weighted by atomic mass is 10.3. The van der Waals surface area contributed by atoms with Crippen molar-refractivity contribution in [1.82, 2.24) is 24.5 Å². The zero-order chi connectivity index (χ0) is 19.5. The Morgan fingerprint density at radius 3 is 2.46 bits per heavy atom. The third-order valence-electron chi connectivity index (χ3n) is 4.08. The van der Waals surface area contributed by atoms with Crippen LogP contribution in [0.1, 0.15) is 16.2 Å². The van der Waals surface area contributed by atoms with Crippen molar-refractivity contribution in [3.8, 4) is 5.69 Å². The summed E-state index contributed by atoms with van der Waals surface area (Å²) in [5.74, 6) is -0.288. The summed E-state index contributed by atoms with van der Waals surface area (Å²) in [4.78, 5) is 19.4. The van der Waals surface area contributed by atoms with E-state index in [1.165, 1.54) is 4.80 Å². The average molecular weight is 390 g/mol. The molecule has 0 fully saturated rings. The Morgan fingerprint density at radius 2 is 1.79 bits per heavy atom. The lowest BCUT2D eigenvalue weighted by molar-refractivity contribution is 0.102. The van der Waals surface area contributed by atoms with Crippen molar-refractivity contribution in [3.05, 3.63) is 78.4 Å². The molecule has 4 rings (SSSR count). The Labute approximate surface area is 166 Å². The van der Waals surface area contributed by atoms with Gasteiger partial charge >= 0.3 is 0 Å².